The van der Waals surface area contributed by atoms with E-state index in [1.807, 2.05) is 13.8 Å². The summed E-state index contributed by atoms with van der Waals surface area (Å²) in [5.74, 6) is 0. The van der Waals surface area contributed by atoms with Gasteiger partial charge in [-0.05, 0) is 26.3 Å². The van der Waals surface area contributed by atoms with Crippen molar-refractivity contribution >= 4 is 6.29 Å². The number of hydrogen-bond acceptors (Lipinski definition) is 3. The fourth-order valence-electron chi connectivity index (χ4n) is 3.19. The second-order valence-electron chi connectivity index (χ2n) is 6.53. The first-order chi connectivity index (χ1) is 8.02. The molecule has 3 heteroatoms. The molecule has 2 aliphatic rings. The highest BCUT2D eigenvalue weighted by Gasteiger charge is 2.35. The van der Waals surface area contributed by atoms with Gasteiger partial charge in [0.2, 0.25) is 0 Å². The van der Waals surface area contributed by atoms with Crippen molar-refractivity contribution in [1.82, 2.24) is 9.80 Å². The van der Waals surface area contributed by atoms with Crippen LogP contribution >= 0.6 is 0 Å². The molecule has 0 aromatic carbocycles. The van der Waals surface area contributed by atoms with E-state index in [0.29, 0.717) is 6.04 Å². The van der Waals surface area contributed by atoms with Crippen LogP contribution in [0.3, 0.4) is 0 Å². The van der Waals surface area contributed by atoms with Crippen molar-refractivity contribution in [3.8, 4) is 0 Å². The van der Waals surface area contributed by atoms with Gasteiger partial charge in [0.1, 0.15) is 6.29 Å². The van der Waals surface area contributed by atoms with Crippen LogP contribution in [0.2, 0.25) is 0 Å². The number of hydrogen-bond donors (Lipinski definition) is 0. The smallest absolute Gasteiger partial charge is 0.126 e. The molecule has 2 unspecified atom stereocenters. The second-order valence-corrected chi connectivity index (χ2v) is 6.53. The molecule has 98 valence electrons. The van der Waals surface area contributed by atoms with Crippen molar-refractivity contribution in [1.29, 1.82) is 0 Å². The van der Waals surface area contributed by atoms with E-state index in [1.54, 1.807) is 0 Å². The Labute approximate surface area is 105 Å². The molecule has 0 saturated carbocycles. The molecule has 0 amide bonds. The van der Waals surface area contributed by atoms with Crippen LogP contribution in [0.4, 0.5) is 0 Å². The molecule has 0 aromatic heterocycles. The normalized spacial score (nSPS) is 32.2. The Kier molecular flexibility index (Phi) is 3.88. The van der Waals surface area contributed by atoms with Crippen molar-refractivity contribution in [3.05, 3.63) is 0 Å². The maximum absolute atomic E-state index is 11.1. The topological polar surface area (TPSA) is 23.6 Å². The molecule has 0 spiro atoms. The van der Waals surface area contributed by atoms with E-state index in [1.165, 1.54) is 32.4 Å². The number of nitrogens with zero attached hydrogens (tertiary/aromatic N) is 2. The summed E-state index contributed by atoms with van der Waals surface area (Å²) >= 11 is 0. The minimum absolute atomic E-state index is 0.203. The minimum atomic E-state index is -0.203. The molecular weight excluding hydrogens is 212 g/mol. The van der Waals surface area contributed by atoms with Crippen LogP contribution in [0.25, 0.3) is 0 Å². The highest BCUT2D eigenvalue weighted by atomic mass is 16.1. The number of piperazine rings is 1. The average Bonchev–Trinajstić information content (AvgIpc) is 2.30. The standard InChI is InChI=1S/C14H26N2O/c1-12-8-15-7-5-4-6-13(15)9-16(12)10-14(2,3)11-17/h11-13H,4-10H2,1-3H3. The molecule has 0 aromatic rings. The highest BCUT2D eigenvalue weighted by Crippen LogP contribution is 2.26. The zero-order valence-electron chi connectivity index (χ0n) is 11.5. The van der Waals surface area contributed by atoms with Crippen LogP contribution in [0.1, 0.15) is 40.0 Å². The van der Waals surface area contributed by atoms with Crippen molar-refractivity contribution in [2.75, 3.05) is 26.2 Å². The Morgan fingerprint density at radius 3 is 2.76 bits per heavy atom. The van der Waals surface area contributed by atoms with Gasteiger partial charge < -0.3 is 4.79 Å². The monoisotopic (exact) mass is 238 g/mol. The lowest BCUT2D eigenvalue weighted by molar-refractivity contribution is -0.116. The third-order valence-corrected chi connectivity index (χ3v) is 4.25. The van der Waals surface area contributed by atoms with Gasteiger partial charge in [-0.25, -0.2) is 0 Å². The Bertz CT molecular complexity index is 277. The van der Waals surface area contributed by atoms with Crippen LogP contribution in [-0.4, -0.2) is 54.3 Å². The number of rotatable bonds is 3. The van der Waals surface area contributed by atoms with Crippen LogP contribution in [-0.2, 0) is 4.79 Å². The van der Waals surface area contributed by atoms with Gasteiger partial charge in [-0.3, -0.25) is 9.80 Å². The van der Waals surface area contributed by atoms with Gasteiger partial charge in [0.25, 0.3) is 0 Å². The lowest BCUT2D eigenvalue weighted by Crippen LogP contribution is -2.60. The van der Waals surface area contributed by atoms with Gasteiger partial charge in [0.15, 0.2) is 0 Å². The van der Waals surface area contributed by atoms with Gasteiger partial charge in [0, 0.05) is 37.1 Å². The molecule has 2 rings (SSSR count). The first-order valence-corrected chi connectivity index (χ1v) is 6.96. The Morgan fingerprint density at radius 1 is 1.29 bits per heavy atom. The SMILES string of the molecule is CC1CN2CCCCC2CN1CC(C)(C)C=O. The lowest BCUT2D eigenvalue weighted by atomic mass is 9.91. The molecule has 2 fully saturated rings. The van der Waals surface area contributed by atoms with Crippen LogP contribution in [0, 0.1) is 5.41 Å². The highest BCUT2D eigenvalue weighted by molar-refractivity contribution is 5.58. The number of fused-ring (bicyclic) bond motifs is 1. The molecule has 17 heavy (non-hydrogen) atoms. The average molecular weight is 238 g/mol. The fourth-order valence-corrected chi connectivity index (χ4v) is 3.19. The summed E-state index contributed by atoms with van der Waals surface area (Å²) in [6, 6.07) is 1.32. The van der Waals surface area contributed by atoms with E-state index in [0.717, 1.165) is 25.4 Å². The number of aldehydes is 1. The molecule has 2 saturated heterocycles. The molecule has 2 heterocycles. The van der Waals surface area contributed by atoms with Gasteiger partial charge in [-0.15, -0.1) is 0 Å². The zero-order chi connectivity index (χ0) is 12.5. The molecular formula is C14H26N2O. The van der Waals surface area contributed by atoms with Crippen LogP contribution in [0.15, 0.2) is 0 Å². The molecule has 2 aliphatic heterocycles. The number of carbonyl (C=O) groups is 1. The summed E-state index contributed by atoms with van der Waals surface area (Å²) in [6.07, 6.45) is 5.18. The predicted octanol–water partition coefficient (Wildman–Crippen LogP) is 1.77. The third-order valence-electron chi connectivity index (χ3n) is 4.25. The molecule has 0 aliphatic carbocycles. The molecule has 0 radical (unpaired) electrons. The summed E-state index contributed by atoms with van der Waals surface area (Å²) < 4.78 is 0. The van der Waals surface area contributed by atoms with E-state index in [9.17, 15) is 4.79 Å². The van der Waals surface area contributed by atoms with Gasteiger partial charge in [-0.1, -0.05) is 20.3 Å². The summed E-state index contributed by atoms with van der Waals surface area (Å²) in [6.45, 7) is 10.9. The van der Waals surface area contributed by atoms with E-state index >= 15 is 0 Å². The summed E-state index contributed by atoms with van der Waals surface area (Å²) in [5.41, 5.74) is -0.203. The Morgan fingerprint density at radius 2 is 2.06 bits per heavy atom. The first kappa shape index (κ1) is 13.0. The van der Waals surface area contributed by atoms with E-state index in [4.69, 9.17) is 0 Å². The van der Waals surface area contributed by atoms with Crippen molar-refractivity contribution in [2.24, 2.45) is 5.41 Å². The molecule has 0 bridgehead atoms. The van der Waals surface area contributed by atoms with Crippen molar-refractivity contribution in [3.63, 3.8) is 0 Å². The van der Waals surface area contributed by atoms with Gasteiger partial charge in [-0.2, -0.15) is 0 Å². The first-order valence-electron chi connectivity index (χ1n) is 6.96. The molecule has 2 atom stereocenters. The van der Waals surface area contributed by atoms with Crippen molar-refractivity contribution < 1.29 is 4.79 Å². The molecule has 0 N–H and O–H groups in total. The Balaban J connectivity index is 1.97. The lowest BCUT2D eigenvalue weighted by Gasteiger charge is -2.48. The summed E-state index contributed by atoms with van der Waals surface area (Å²) in [4.78, 5) is 16.2. The van der Waals surface area contributed by atoms with E-state index < -0.39 is 0 Å². The number of carbonyl (C=O) groups excluding carboxylic acids is 1. The Hall–Kier alpha value is -0.410. The zero-order valence-corrected chi connectivity index (χ0v) is 11.5. The summed E-state index contributed by atoms with van der Waals surface area (Å²) in [5, 5.41) is 0. The van der Waals surface area contributed by atoms with E-state index in [-0.39, 0.29) is 5.41 Å². The number of piperidine rings is 1. The van der Waals surface area contributed by atoms with E-state index in [2.05, 4.69) is 16.7 Å². The maximum Gasteiger partial charge on any atom is 0.126 e. The van der Waals surface area contributed by atoms with Crippen LogP contribution < -0.4 is 0 Å². The quantitative estimate of drug-likeness (QED) is 0.700. The van der Waals surface area contributed by atoms with Gasteiger partial charge >= 0.3 is 0 Å². The fraction of sp³-hybridized carbons (Fsp3) is 0.929. The van der Waals surface area contributed by atoms with Gasteiger partial charge in [0.05, 0.1) is 0 Å². The third kappa shape index (κ3) is 3.08. The van der Waals surface area contributed by atoms with Crippen molar-refractivity contribution in [2.45, 2.75) is 52.1 Å². The minimum Gasteiger partial charge on any atom is -0.303 e. The largest absolute Gasteiger partial charge is 0.303 e. The summed E-state index contributed by atoms with van der Waals surface area (Å²) in [7, 11) is 0. The van der Waals surface area contributed by atoms with Crippen LogP contribution in [0.5, 0.6) is 0 Å². The second kappa shape index (κ2) is 5.07. The predicted molar refractivity (Wildman–Crippen MR) is 70.1 cm³/mol. The molecule has 3 nitrogen and oxygen atoms in total. The maximum atomic E-state index is 11.1.